The molecule has 1 atom stereocenters. The van der Waals surface area contributed by atoms with Crippen molar-refractivity contribution >= 4 is 8.07 Å². The molecule has 0 aromatic heterocycles. The molecule has 0 saturated carbocycles. The van der Waals surface area contributed by atoms with Crippen LogP contribution < -0.4 is 0 Å². The molecule has 0 unspecified atom stereocenters. The first kappa shape index (κ1) is 15.9. The van der Waals surface area contributed by atoms with Crippen LogP contribution in [-0.2, 0) is 0 Å². The summed E-state index contributed by atoms with van der Waals surface area (Å²) in [5.74, 6) is 0. The van der Waals surface area contributed by atoms with Crippen molar-refractivity contribution in [2.24, 2.45) is 5.41 Å². The third kappa shape index (κ3) is 4.83. The van der Waals surface area contributed by atoms with Crippen molar-refractivity contribution < 1.29 is 5.11 Å². The summed E-state index contributed by atoms with van der Waals surface area (Å²) in [6.07, 6.45) is 5.19. The lowest BCUT2D eigenvalue weighted by Crippen LogP contribution is -2.48. The summed E-state index contributed by atoms with van der Waals surface area (Å²) in [6.45, 7) is 17.9. The van der Waals surface area contributed by atoms with Gasteiger partial charge in [0.05, 0.1) is 13.8 Å². The third-order valence-corrected chi connectivity index (χ3v) is 9.26. The van der Waals surface area contributed by atoms with E-state index in [9.17, 15) is 5.11 Å². The lowest BCUT2D eigenvalue weighted by molar-refractivity contribution is 0.283. The normalized spacial score (nSPS) is 16.8. The van der Waals surface area contributed by atoms with Crippen LogP contribution in [0.1, 0.15) is 48.0 Å². The minimum Gasteiger partial charge on any atom is -0.393 e. The Morgan fingerprint density at radius 2 is 1.50 bits per heavy atom. The summed E-state index contributed by atoms with van der Waals surface area (Å²) in [6, 6.07) is 0. The SMILES string of the molecule is CC(C)(C)C/C=C/[C@H](O)[Si](C)(C)C(C)(C)C. The van der Waals surface area contributed by atoms with Gasteiger partial charge in [-0.3, -0.25) is 0 Å². The molecule has 0 bridgehead atoms. The van der Waals surface area contributed by atoms with Crippen LogP contribution in [-0.4, -0.2) is 18.9 Å². The molecule has 0 rings (SSSR count). The largest absolute Gasteiger partial charge is 0.393 e. The first-order valence-corrected chi connectivity index (χ1v) is 9.30. The Morgan fingerprint density at radius 3 is 1.81 bits per heavy atom. The second-order valence-electron chi connectivity index (χ2n) is 7.61. The van der Waals surface area contributed by atoms with Gasteiger partial charge in [-0.05, 0) is 16.9 Å². The Bertz CT molecular complexity index is 240. The van der Waals surface area contributed by atoms with Gasteiger partial charge in [-0.1, -0.05) is 66.8 Å². The van der Waals surface area contributed by atoms with E-state index in [1.54, 1.807) is 0 Å². The number of aliphatic hydroxyl groups is 1. The van der Waals surface area contributed by atoms with Crippen molar-refractivity contribution in [3.63, 3.8) is 0 Å². The van der Waals surface area contributed by atoms with Crippen molar-refractivity contribution in [1.82, 2.24) is 0 Å². The fourth-order valence-electron chi connectivity index (χ4n) is 1.23. The molecule has 1 nitrogen and oxygen atoms in total. The summed E-state index contributed by atoms with van der Waals surface area (Å²) in [7, 11) is -1.64. The van der Waals surface area contributed by atoms with Gasteiger partial charge in [-0.2, -0.15) is 0 Å². The highest BCUT2D eigenvalue weighted by atomic mass is 28.3. The van der Waals surface area contributed by atoms with E-state index in [4.69, 9.17) is 0 Å². The second kappa shape index (κ2) is 5.05. The van der Waals surface area contributed by atoms with Crippen LogP contribution in [0.4, 0.5) is 0 Å². The highest BCUT2D eigenvalue weighted by molar-refractivity contribution is 6.81. The van der Waals surface area contributed by atoms with E-state index in [1.807, 2.05) is 6.08 Å². The predicted molar refractivity (Wildman–Crippen MR) is 76.4 cm³/mol. The molecule has 0 aromatic carbocycles. The number of aliphatic hydroxyl groups excluding tert-OH is 1. The zero-order valence-electron chi connectivity index (χ0n) is 12.4. The molecule has 96 valence electrons. The average molecular weight is 242 g/mol. The standard InChI is InChI=1S/C14H30OSi/c1-13(2,3)11-9-10-12(15)16(7,8)14(4,5)6/h9-10,12,15H,11H2,1-8H3/b10-9+/t12-/m1/s1. The molecule has 16 heavy (non-hydrogen) atoms. The topological polar surface area (TPSA) is 20.2 Å². The molecular weight excluding hydrogens is 212 g/mol. The van der Waals surface area contributed by atoms with E-state index >= 15 is 0 Å². The second-order valence-corrected chi connectivity index (χ2v) is 13.1. The molecule has 0 aromatic rings. The van der Waals surface area contributed by atoms with Gasteiger partial charge in [0.25, 0.3) is 0 Å². The summed E-state index contributed by atoms with van der Waals surface area (Å²) in [5, 5.41) is 10.5. The van der Waals surface area contributed by atoms with Crippen molar-refractivity contribution in [3.05, 3.63) is 12.2 Å². The molecule has 0 radical (unpaired) electrons. The average Bonchev–Trinajstić information content (AvgIpc) is 1.99. The van der Waals surface area contributed by atoms with Crippen LogP contribution in [0, 0.1) is 5.41 Å². The van der Waals surface area contributed by atoms with Gasteiger partial charge in [-0.15, -0.1) is 0 Å². The Labute approximate surface area is 103 Å². The van der Waals surface area contributed by atoms with Gasteiger partial charge < -0.3 is 5.11 Å². The lowest BCUT2D eigenvalue weighted by atomic mass is 9.92. The van der Waals surface area contributed by atoms with E-state index in [1.165, 1.54) is 0 Å². The highest BCUT2D eigenvalue weighted by Crippen LogP contribution is 2.38. The summed E-state index contributed by atoms with van der Waals surface area (Å²) >= 11 is 0. The molecule has 0 aliphatic heterocycles. The van der Waals surface area contributed by atoms with Crippen molar-refractivity contribution in [3.8, 4) is 0 Å². The molecular formula is C14H30OSi. The zero-order chi connectivity index (χ0) is 13.2. The molecule has 2 heteroatoms. The van der Waals surface area contributed by atoms with E-state index < -0.39 is 8.07 Å². The van der Waals surface area contributed by atoms with Crippen LogP contribution in [0.25, 0.3) is 0 Å². The van der Waals surface area contributed by atoms with Crippen molar-refractivity contribution in [2.75, 3.05) is 0 Å². The van der Waals surface area contributed by atoms with E-state index in [0.29, 0.717) is 5.41 Å². The maximum absolute atomic E-state index is 10.3. The maximum Gasteiger partial charge on any atom is 0.0914 e. The summed E-state index contributed by atoms with van der Waals surface area (Å²) in [4.78, 5) is 0. The monoisotopic (exact) mass is 242 g/mol. The summed E-state index contributed by atoms with van der Waals surface area (Å²) < 4.78 is 0. The Balaban J connectivity index is 4.53. The van der Waals surface area contributed by atoms with Crippen LogP contribution in [0.15, 0.2) is 12.2 Å². The molecule has 1 N–H and O–H groups in total. The molecule has 0 spiro atoms. The number of allylic oxidation sites excluding steroid dienone is 1. The van der Waals surface area contributed by atoms with Gasteiger partial charge in [0.15, 0.2) is 0 Å². The smallest absolute Gasteiger partial charge is 0.0914 e. The number of rotatable bonds is 3. The lowest BCUT2D eigenvalue weighted by Gasteiger charge is -2.39. The Kier molecular flexibility index (Phi) is 5.02. The van der Waals surface area contributed by atoms with Gasteiger partial charge in [0, 0.05) is 0 Å². The van der Waals surface area contributed by atoms with Crippen LogP contribution in [0.5, 0.6) is 0 Å². The zero-order valence-corrected chi connectivity index (χ0v) is 13.4. The molecule has 0 aliphatic carbocycles. The highest BCUT2D eigenvalue weighted by Gasteiger charge is 2.40. The van der Waals surface area contributed by atoms with Crippen LogP contribution in [0.2, 0.25) is 18.1 Å². The molecule has 0 saturated heterocycles. The fourth-order valence-corrected chi connectivity index (χ4v) is 2.74. The van der Waals surface area contributed by atoms with E-state index in [-0.39, 0.29) is 10.8 Å². The minimum absolute atomic E-state index is 0.235. The first-order chi connectivity index (χ1) is 6.88. The summed E-state index contributed by atoms with van der Waals surface area (Å²) in [5.41, 5.74) is 0.0683. The first-order valence-electron chi connectivity index (χ1n) is 6.23. The van der Waals surface area contributed by atoms with Crippen molar-refractivity contribution in [2.45, 2.75) is 71.8 Å². The Hall–Kier alpha value is -0.0831. The quantitative estimate of drug-likeness (QED) is 0.575. The van der Waals surface area contributed by atoms with Crippen LogP contribution >= 0.6 is 0 Å². The molecule has 0 amide bonds. The third-order valence-electron chi connectivity index (χ3n) is 3.72. The van der Waals surface area contributed by atoms with Gasteiger partial charge >= 0.3 is 0 Å². The number of hydrogen-bond donors (Lipinski definition) is 1. The molecule has 0 heterocycles. The fraction of sp³-hybridized carbons (Fsp3) is 0.857. The van der Waals surface area contributed by atoms with Gasteiger partial charge in [0.2, 0.25) is 0 Å². The molecule has 0 fully saturated rings. The van der Waals surface area contributed by atoms with Crippen molar-refractivity contribution in [1.29, 1.82) is 0 Å². The predicted octanol–water partition coefficient (Wildman–Crippen LogP) is 4.39. The van der Waals surface area contributed by atoms with Gasteiger partial charge in [-0.25, -0.2) is 0 Å². The number of hydrogen-bond acceptors (Lipinski definition) is 1. The Morgan fingerprint density at radius 1 is 1.06 bits per heavy atom. The van der Waals surface area contributed by atoms with Crippen LogP contribution in [0.3, 0.4) is 0 Å². The van der Waals surface area contributed by atoms with E-state index in [2.05, 4.69) is 60.7 Å². The van der Waals surface area contributed by atoms with E-state index in [0.717, 1.165) is 6.42 Å². The van der Waals surface area contributed by atoms with Gasteiger partial charge in [0.1, 0.15) is 0 Å². The molecule has 0 aliphatic rings. The minimum atomic E-state index is -1.64. The maximum atomic E-state index is 10.3.